The molecule has 2 aromatic rings. The summed E-state index contributed by atoms with van der Waals surface area (Å²) in [5.74, 6) is 1.26. The zero-order valence-corrected chi connectivity index (χ0v) is 13.2. The standard InChI is InChI=1S/C16H19N3O2S/c1-21-12-6-4-11(5-7-12)16-18-9-14(22-16)15(20)19-13(8-17)10-2-3-10/h4-7,9-10,13H,2-3,8,17H2,1H3,(H,19,20). The van der Waals surface area contributed by atoms with E-state index in [-0.39, 0.29) is 11.9 Å². The Hall–Kier alpha value is -1.92. The summed E-state index contributed by atoms with van der Waals surface area (Å²) in [6.45, 7) is 0.487. The van der Waals surface area contributed by atoms with Crippen LogP contribution in [0.25, 0.3) is 10.6 Å². The molecule has 1 aliphatic rings. The van der Waals surface area contributed by atoms with Gasteiger partial charge in [0.1, 0.15) is 15.6 Å². The fourth-order valence-corrected chi connectivity index (χ4v) is 3.18. The number of carbonyl (C=O) groups is 1. The van der Waals surface area contributed by atoms with Gasteiger partial charge in [-0.1, -0.05) is 0 Å². The second kappa shape index (κ2) is 6.46. The van der Waals surface area contributed by atoms with Gasteiger partial charge in [-0.15, -0.1) is 11.3 Å². The zero-order chi connectivity index (χ0) is 15.5. The van der Waals surface area contributed by atoms with Crippen LogP contribution in [-0.2, 0) is 0 Å². The van der Waals surface area contributed by atoms with E-state index in [0.29, 0.717) is 17.3 Å². The Bertz CT molecular complexity index is 650. The molecule has 5 nitrogen and oxygen atoms in total. The van der Waals surface area contributed by atoms with Gasteiger partial charge >= 0.3 is 0 Å². The minimum absolute atomic E-state index is 0.0824. The second-order valence-corrected chi connectivity index (χ2v) is 6.44. The van der Waals surface area contributed by atoms with E-state index in [4.69, 9.17) is 10.5 Å². The number of thiazole rings is 1. The van der Waals surface area contributed by atoms with E-state index in [9.17, 15) is 4.79 Å². The van der Waals surface area contributed by atoms with Crippen LogP contribution in [0.5, 0.6) is 5.75 Å². The predicted molar refractivity (Wildman–Crippen MR) is 87.1 cm³/mol. The molecular weight excluding hydrogens is 298 g/mol. The molecule has 116 valence electrons. The van der Waals surface area contributed by atoms with Crippen LogP contribution >= 0.6 is 11.3 Å². The molecule has 3 rings (SSSR count). The second-order valence-electron chi connectivity index (χ2n) is 5.41. The van der Waals surface area contributed by atoms with Crippen molar-refractivity contribution in [2.45, 2.75) is 18.9 Å². The van der Waals surface area contributed by atoms with Crippen LogP contribution < -0.4 is 15.8 Å². The smallest absolute Gasteiger partial charge is 0.263 e. The molecule has 1 aromatic heterocycles. The molecule has 1 saturated carbocycles. The number of methoxy groups -OCH3 is 1. The molecule has 0 aliphatic heterocycles. The van der Waals surface area contributed by atoms with Gasteiger partial charge in [-0.3, -0.25) is 4.79 Å². The molecule has 1 unspecified atom stereocenters. The number of nitrogens with one attached hydrogen (secondary N) is 1. The number of carbonyl (C=O) groups excluding carboxylic acids is 1. The van der Waals surface area contributed by atoms with Gasteiger partial charge in [-0.25, -0.2) is 4.98 Å². The number of hydrogen-bond acceptors (Lipinski definition) is 5. The molecule has 1 heterocycles. The minimum Gasteiger partial charge on any atom is -0.497 e. The first-order valence-corrected chi connectivity index (χ1v) is 8.14. The topological polar surface area (TPSA) is 77.2 Å². The van der Waals surface area contributed by atoms with E-state index in [2.05, 4.69) is 10.3 Å². The maximum Gasteiger partial charge on any atom is 0.263 e. The van der Waals surface area contributed by atoms with Crippen molar-refractivity contribution in [1.82, 2.24) is 10.3 Å². The summed E-state index contributed by atoms with van der Waals surface area (Å²) < 4.78 is 5.14. The van der Waals surface area contributed by atoms with Gasteiger partial charge in [0.15, 0.2) is 0 Å². The number of nitrogens with zero attached hydrogens (tertiary/aromatic N) is 1. The highest BCUT2D eigenvalue weighted by Gasteiger charge is 2.31. The third kappa shape index (κ3) is 3.28. The summed E-state index contributed by atoms with van der Waals surface area (Å²) in [6, 6.07) is 7.72. The van der Waals surface area contributed by atoms with E-state index in [1.165, 1.54) is 11.3 Å². The highest BCUT2D eigenvalue weighted by molar-refractivity contribution is 7.16. The van der Waals surface area contributed by atoms with Crippen molar-refractivity contribution in [3.8, 4) is 16.3 Å². The van der Waals surface area contributed by atoms with E-state index >= 15 is 0 Å². The Morgan fingerprint density at radius 1 is 1.45 bits per heavy atom. The number of benzene rings is 1. The first-order chi connectivity index (χ1) is 10.7. The van der Waals surface area contributed by atoms with Crippen LogP contribution in [0.1, 0.15) is 22.5 Å². The number of hydrogen-bond donors (Lipinski definition) is 2. The van der Waals surface area contributed by atoms with Crippen LogP contribution in [-0.4, -0.2) is 30.6 Å². The molecule has 0 radical (unpaired) electrons. The van der Waals surface area contributed by atoms with Crippen molar-refractivity contribution in [1.29, 1.82) is 0 Å². The molecule has 0 bridgehead atoms. The molecule has 1 atom stereocenters. The van der Waals surface area contributed by atoms with Crippen LogP contribution in [0.15, 0.2) is 30.5 Å². The molecule has 22 heavy (non-hydrogen) atoms. The predicted octanol–water partition coefficient (Wildman–Crippen LogP) is 2.29. The summed E-state index contributed by atoms with van der Waals surface area (Å²) in [6.07, 6.45) is 3.93. The molecule has 0 spiro atoms. The fourth-order valence-electron chi connectivity index (χ4n) is 2.35. The maximum absolute atomic E-state index is 12.3. The largest absolute Gasteiger partial charge is 0.497 e. The third-order valence-corrected chi connectivity index (χ3v) is 4.87. The molecule has 1 aromatic carbocycles. The Labute approximate surface area is 133 Å². The van der Waals surface area contributed by atoms with Crippen LogP contribution in [0.2, 0.25) is 0 Å². The van der Waals surface area contributed by atoms with Crippen molar-refractivity contribution in [2.75, 3.05) is 13.7 Å². The highest BCUT2D eigenvalue weighted by atomic mass is 32.1. The number of rotatable bonds is 6. The summed E-state index contributed by atoms with van der Waals surface area (Å²) in [5, 5.41) is 3.84. The lowest BCUT2D eigenvalue weighted by atomic mass is 10.2. The van der Waals surface area contributed by atoms with Crippen molar-refractivity contribution >= 4 is 17.2 Å². The lowest BCUT2D eigenvalue weighted by Gasteiger charge is -2.14. The Kier molecular flexibility index (Phi) is 4.40. The number of ether oxygens (including phenoxy) is 1. The van der Waals surface area contributed by atoms with Crippen LogP contribution in [0.3, 0.4) is 0 Å². The Morgan fingerprint density at radius 2 is 2.18 bits per heavy atom. The van der Waals surface area contributed by atoms with Gasteiger partial charge in [-0.2, -0.15) is 0 Å². The highest BCUT2D eigenvalue weighted by Crippen LogP contribution is 2.32. The van der Waals surface area contributed by atoms with Gasteiger partial charge in [0.05, 0.1) is 13.3 Å². The molecule has 6 heteroatoms. The summed E-state index contributed by atoms with van der Waals surface area (Å²) in [5.41, 5.74) is 6.70. The van der Waals surface area contributed by atoms with Crippen molar-refractivity contribution in [3.05, 3.63) is 35.3 Å². The van der Waals surface area contributed by atoms with E-state index in [1.807, 2.05) is 24.3 Å². The first kappa shape index (κ1) is 15.0. The molecule has 1 fully saturated rings. The quantitative estimate of drug-likeness (QED) is 0.857. The molecule has 1 amide bonds. The van der Waals surface area contributed by atoms with Crippen LogP contribution in [0.4, 0.5) is 0 Å². The van der Waals surface area contributed by atoms with Gasteiger partial charge in [0.25, 0.3) is 5.91 Å². The van der Waals surface area contributed by atoms with Crippen molar-refractivity contribution in [3.63, 3.8) is 0 Å². The zero-order valence-electron chi connectivity index (χ0n) is 12.4. The average molecular weight is 317 g/mol. The molecule has 0 saturated heterocycles. The van der Waals surface area contributed by atoms with E-state index < -0.39 is 0 Å². The molecule has 3 N–H and O–H groups in total. The van der Waals surface area contributed by atoms with Crippen molar-refractivity contribution < 1.29 is 9.53 Å². The normalized spacial score (nSPS) is 15.4. The fraction of sp³-hybridized carbons (Fsp3) is 0.375. The SMILES string of the molecule is COc1ccc(-c2ncc(C(=O)NC(CN)C3CC3)s2)cc1. The molecule has 1 aliphatic carbocycles. The van der Waals surface area contributed by atoms with E-state index in [0.717, 1.165) is 29.2 Å². The lowest BCUT2D eigenvalue weighted by molar-refractivity contribution is 0.0937. The maximum atomic E-state index is 12.3. The Morgan fingerprint density at radius 3 is 2.77 bits per heavy atom. The summed E-state index contributed by atoms with van der Waals surface area (Å²) >= 11 is 1.39. The van der Waals surface area contributed by atoms with Gasteiger partial charge in [-0.05, 0) is 43.0 Å². The first-order valence-electron chi connectivity index (χ1n) is 7.32. The van der Waals surface area contributed by atoms with Gasteiger partial charge < -0.3 is 15.8 Å². The number of aromatic nitrogens is 1. The minimum atomic E-state index is -0.0837. The number of nitrogens with two attached hydrogens (primary N) is 1. The van der Waals surface area contributed by atoms with Crippen molar-refractivity contribution in [2.24, 2.45) is 11.7 Å². The monoisotopic (exact) mass is 317 g/mol. The third-order valence-electron chi connectivity index (χ3n) is 3.83. The Balaban J connectivity index is 1.70. The van der Waals surface area contributed by atoms with Gasteiger partial charge in [0.2, 0.25) is 0 Å². The molecular formula is C16H19N3O2S. The number of amides is 1. The lowest BCUT2D eigenvalue weighted by Crippen LogP contribution is -2.41. The summed E-state index contributed by atoms with van der Waals surface area (Å²) in [4.78, 5) is 17.2. The average Bonchev–Trinajstić information content (AvgIpc) is 3.28. The van der Waals surface area contributed by atoms with E-state index in [1.54, 1.807) is 13.3 Å². The summed E-state index contributed by atoms with van der Waals surface area (Å²) in [7, 11) is 1.63. The van der Waals surface area contributed by atoms with Gasteiger partial charge in [0, 0.05) is 18.2 Å². The van der Waals surface area contributed by atoms with Crippen LogP contribution in [0, 0.1) is 5.92 Å².